The molecule has 2 N–H and O–H groups in total. The van der Waals surface area contributed by atoms with Crippen LogP contribution in [0, 0.1) is 0 Å². The molecule has 1 aromatic heterocycles. The van der Waals surface area contributed by atoms with Gasteiger partial charge in [0.2, 0.25) is 10.0 Å². The van der Waals surface area contributed by atoms with Crippen molar-refractivity contribution in [2.45, 2.75) is 24.0 Å². The summed E-state index contributed by atoms with van der Waals surface area (Å²) in [5, 5.41) is 5.75. The summed E-state index contributed by atoms with van der Waals surface area (Å²) >= 11 is 1.48. The number of sulfonamides is 1. The summed E-state index contributed by atoms with van der Waals surface area (Å²) in [5.41, 5.74) is 1.46. The summed E-state index contributed by atoms with van der Waals surface area (Å²) in [5.74, 6) is 0. The van der Waals surface area contributed by atoms with Gasteiger partial charge in [0, 0.05) is 24.0 Å². The lowest BCUT2D eigenvalue weighted by Crippen LogP contribution is -2.28. The van der Waals surface area contributed by atoms with Gasteiger partial charge in [0.05, 0.1) is 17.0 Å². The van der Waals surface area contributed by atoms with Crippen LogP contribution in [0.1, 0.15) is 11.4 Å². The number of halogens is 3. The molecule has 0 amide bonds. The second-order valence-electron chi connectivity index (χ2n) is 4.94. The van der Waals surface area contributed by atoms with Gasteiger partial charge in [-0.2, -0.15) is 13.2 Å². The Hall–Kier alpha value is -1.49. The summed E-state index contributed by atoms with van der Waals surface area (Å²) in [4.78, 5) is 4.32. The maximum atomic E-state index is 12.1. The van der Waals surface area contributed by atoms with E-state index >= 15 is 0 Å². The molecule has 10 heteroatoms. The zero-order valence-corrected chi connectivity index (χ0v) is 14.4. The minimum Gasteiger partial charge on any atom is -0.314 e. The summed E-state index contributed by atoms with van der Waals surface area (Å²) < 4.78 is 62.1. The summed E-state index contributed by atoms with van der Waals surface area (Å²) in [7, 11) is -2.15. The van der Waals surface area contributed by atoms with Crippen LogP contribution in [0.4, 0.5) is 13.2 Å². The molecule has 0 unspecified atom stereocenters. The third kappa shape index (κ3) is 5.26. The van der Waals surface area contributed by atoms with Gasteiger partial charge in [-0.05, 0) is 19.2 Å². The molecular formula is C14H16F3N3O2S2. The van der Waals surface area contributed by atoms with Crippen molar-refractivity contribution in [3.8, 4) is 11.3 Å². The Labute approximate surface area is 142 Å². The third-order valence-electron chi connectivity index (χ3n) is 3.04. The molecule has 0 radical (unpaired) electrons. The number of hydrogen-bond donors (Lipinski definition) is 2. The van der Waals surface area contributed by atoms with Gasteiger partial charge in [0.15, 0.2) is 0 Å². The molecule has 0 fully saturated rings. The van der Waals surface area contributed by atoms with Crippen molar-refractivity contribution in [1.82, 2.24) is 15.0 Å². The molecular weight excluding hydrogens is 363 g/mol. The standard InChI is InChI=1S/C14H16F3N3O2S2/c1-18-8-13-20-12(9-23-13)10-2-4-11(5-3-10)24(21,22)19-7-6-14(15,16)17/h2-5,9,18-19H,6-8H2,1H3. The number of nitrogens with one attached hydrogen (secondary N) is 2. The van der Waals surface area contributed by atoms with E-state index in [1.165, 1.54) is 23.5 Å². The van der Waals surface area contributed by atoms with E-state index in [0.717, 1.165) is 16.3 Å². The van der Waals surface area contributed by atoms with E-state index in [-0.39, 0.29) is 4.90 Å². The Balaban J connectivity index is 2.07. The summed E-state index contributed by atoms with van der Waals surface area (Å²) in [6, 6.07) is 5.86. The van der Waals surface area contributed by atoms with Crippen LogP contribution < -0.4 is 10.0 Å². The predicted octanol–water partition coefficient (Wildman–Crippen LogP) is 2.76. The van der Waals surface area contributed by atoms with Crippen LogP contribution >= 0.6 is 11.3 Å². The fourth-order valence-corrected chi connectivity index (χ4v) is 3.74. The van der Waals surface area contributed by atoms with Crippen molar-refractivity contribution in [2.75, 3.05) is 13.6 Å². The Morgan fingerprint density at radius 3 is 2.46 bits per heavy atom. The molecule has 0 saturated carbocycles. The van der Waals surface area contributed by atoms with Crippen molar-refractivity contribution in [3.63, 3.8) is 0 Å². The molecule has 1 heterocycles. The van der Waals surface area contributed by atoms with Gasteiger partial charge in [-0.3, -0.25) is 0 Å². The smallest absolute Gasteiger partial charge is 0.314 e. The van der Waals surface area contributed by atoms with Crippen LogP contribution in [-0.2, 0) is 16.6 Å². The highest BCUT2D eigenvalue weighted by Crippen LogP contribution is 2.24. The van der Waals surface area contributed by atoms with Gasteiger partial charge in [0.1, 0.15) is 5.01 Å². The predicted molar refractivity (Wildman–Crippen MR) is 86.2 cm³/mol. The zero-order chi connectivity index (χ0) is 17.8. The normalized spacial score (nSPS) is 12.5. The van der Waals surface area contributed by atoms with Crippen molar-refractivity contribution < 1.29 is 21.6 Å². The van der Waals surface area contributed by atoms with Crippen LogP contribution in [0.2, 0.25) is 0 Å². The fourth-order valence-electron chi connectivity index (χ4n) is 1.89. The topological polar surface area (TPSA) is 71.1 Å². The van der Waals surface area contributed by atoms with E-state index in [1.54, 1.807) is 12.1 Å². The number of aromatic nitrogens is 1. The molecule has 132 valence electrons. The molecule has 24 heavy (non-hydrogen) atoms. The molecule has 0 aliphatic rings. The van der Waals surface area contributed by atoms with E-state index in [1.807, 2.05) is 17.1 Å². The van der Waals surface area contributed by atoms with Crippen molar-refractivity contribution in [2.24, 2.45) is 0 Å². The highest BCUT2D eigenvalue weighted by atomic mass is 32.2. The molecule has 0 aliphatic heterocycles. The van der Waals surface area contributed by atoms with Crippen molar-refractivity contribution in [3.05, 3.63) is 34.7 Å². The molecule has 2 aromatic rings. The van der Waals surface area contributed by atoms with Crippen LogP contribution in [0.3, 0.4) is 0 Å². The SMILES string of the molecule is CNCc1nc(-c2ccc(S(=O)(=O)NCCC(F)(F)F)cc2)cs1. The molecule has 2 rings (SSSR count). The largest absolute Gasteiger partial charge is 0.390 e. The number of nitrogens with zero attached hydrogens (tertiary/aromatic N) is 1. The quantitative estimate of drug-likeness (QED) is 0.776. The summed E-state index contributed by atoms with van der Waals surface area (Å²) in [6.07, 6.45) is -5.61. The lowest BCUT2D eigenvalue weighted by Gasteiger charge is -2.09. The third-order valence-corrected chi connectivity index (χ3v) is 5.37. The Bertz CT molecular complexity index is 771. The Kier molecular flexibility index (Phi) is 5.97. The van der Waals surface area contributed by atoms with Crippen LogP contribution in [0.25, 0.3) is 11.3 Å². The first-order valence-corrected chi connectivity index (χ1v) is 9.33. The van der Waals surface area contributed by atoms with Crippen molar-refractivity contribution in [1.29, 1.82) is 0 Å². The molecule has 0 atom stereocenters. The number of alkyl halides is 3. The second-order valence-corrected chi connectivity index (χ2v) is 7.65. The minimum atomic E-state index is -4.40. The number of rotatable bonds is 7. The lowest BCUT2D eigenvalue weighted by molar-refractivity contribution is -0.132. The summed E-state index contributed by atoms with van der Waals surface area (Å²) in [6.45, 7) is -0.0483. The number of benzene rings is 1. The molecule has 0 bridgehead atoms. The van der Waals surface area contributed by atoms with Gasteiger partial charge >= 0.3 is 6.18 Å². The highest BCUT2D eigenvalue weighted by molar-refractivity contribution is 7.89. The van der Waals surface area contributed by atoms with E-state index in [2.05, 4.69) is 10.3 Å². The average molecular weight is 379 g/mol. The van der Waals surface area contributed by atoms with Crippen LogP contribution in [0.5, 0.6) is 0 Å². The number of hydrogen-bond acceptors (Lipinski definition) is 5. The van der Waals surface area contributed by atoms with Gasteiger partial charge in [-0.25, -0.2) is 18.1 Å². The first-order chi connectivity index (χ1) is 11.2. The molecule has 0 saturated heterocycles. The van der Waals surface area contributed by atoms with E-state index in [4.69, 9.17) is 0 Å². The minimum absolute atomic E-state index is 0.0842. The van der Waals surface area contributed by atoms with Gasteiger partial charge in [-0.15, -0.1) is 11.3 Å². The Morgan fingerprint density at radius 1 is 1.21 bits per heavy atom. The molecule has 0 aliphatic carbocycles. The zero-order valence-electron chi connectivity index (χ0n) is 12.7. The maximum absolute atomic E-state index is 12.1. The number of thiazole rings is 1. The van der Waals surface area contributed by atoms with Gasteiger partial charge in [-0.1, -0.05) is 12.1 Å². The maximum Gasteiger partial charge on any atom is 0.390 e. The molecule has 5 nitrogen and oxygen atoms in total. The lowest BCUT2D eigenvalue weighted by atomic mass is 10.2. The van der Waals surface area contributed by atoms with Gasteiger partial charge in [0.25, 0.3) is 0 Å². The monoisotopic (exact) mass is 379 g/mol. The second kappa shape index (κ2) is 7.60. The Morgan fingerprint density at radius 2 is 1.88 bits per heavy atom. The van der Waals surface area contributed by atoms with E-state index < -0.39 is 29.2 Å². The van der Waals surface area contributed by atoms with Crippen molar-refractivity contribution >= 4 is 21.4 Å². The van der Waals surface area contributed by atoms with Gasteiger partial charge < -0.3 is 5.32 Å². The average Bonchev–Trinajstić information content (AvgIpc) is 2.95. The fraction of sp³-hybridized carbons (Fsp3) is 0.357. The molecule has 1 aromatic carbocycles. The van der Waals surface area contributed by atoms with Crippen LogP contribution in [-0.4, -0.2) is 33.2 Å². The van der Waals surface area contributed by atoms with E-state index in [9.17, 15) is 21.6 Å². The first-order valence-electron chi connectivity index (χ1n) is 6.97. The highest BCUT2D eigenvalue weighted by Gasteiger charge is 2.27. The van der Waals surface area contributed by atoms with Crippen LogP contribution in [0.15, 0.2) is 34.5 Å². The molecule has 0 spiro atoms. The van der Waals surface area contributed by atoms with E-state index in [0.29, 0.717) is 6.54 Å². The first kappa shape index (κ1) is 18.8.